The van der Waals surface area contributed by atoms with Crippen molar-refractivity contribution in [2.45, 2.75) is 44.0 Å². The minimum Gasteiger partial charge on any atom is -0.482 e. The quantitative estimate of drug-likeness (QED) is 0.338. The number of carbonyl (C=O) groups excluding carboxylic acids is 2. The molecule has 1 atom stereocenters. The van der Waals surface area contributed by atoms with Crippen LogP contribution in [0.25, 0.3) is 0 Å². The average molecular weight is 579 g/mol. The van der Waals surface area contributed by atoms with Gasteiger partial charge in [0.15, 0.2) is 6.61 Å². The summed E-state index contributed by atoms with van der Waals surface area (Å²) in [6.07, 6.45) is 1.11. The van der Waals surface area contributed by atoms with E-state index >= 15 is 0 Å². The lowest BCUT2D eigenvalue weighted by Gasteiger charge is -2.25. The highest BCUT2D eigenvalue weighted by atomic mass is 35.5. The maximum atomic E-state index is 12.9. The van der Waals surface area contributed by atoms with E-state index < -0.39 is 34.5 Å². The van der Waals surface area contributed by atoms with Crippen molar-refractivity contribution >= 4 is 56.6 Å². The molecule has 3 N–H and O–H groups in total. The molecule has 0 saturated carbocycles. The van der Waals surface area contributed by atoms with Gasteiger partial charge in [0.2, 0.25) is 15.9 Å². The van der Waals surface area contributed by atoms with Crippen LogP contribution >= 0.6 is 34.8 Å². The summed E-state index contributed by atoms with van der Waals surface area (Å²) in [5.74, 6) is -0.589. The standard InChI is InChI=1S/C24H30Cl3N3O5S/c1-16(2)13-20(28)24(32)30(23(31)15-35-21-8-4-3-7-18(21)26)12-6-5-11-29-36(33,34)22-10-9-17(25)14-19(22)27/h3-4,7-10,14,16,20,29H,5-6,11-13,15,28H2,1-2H3/t20-/m0/s1. The maximum absolute atomic E-state index is 12.9. The number of hydrogen-bond donors (Lipinski definition) is 2. The smallest absolute Gasteiger partial charge is 0.267 e. The number of ether oxygens (including phenoxy) is 1. The van der Waals surface area contributed by atoms with Crippen LogP contribution in [-0.2, 0) is 19.6 Å². The van der Waals surface area contributed by atoms with Crippen LogP contribution in [-0.4, -0.2) is 50.9 Å². The molecule has 2 aromatic carbocycles. The number of benzene rings is 2. The van der Waals surface area contributed by atoms with Gasteiger partial charge >= 0.3 is 0 Å². The van der Waals surface area contributed by atoms with Gasteiger partial charge < -0.3 is 10.5 Å². The number of hydrogen-bond acceptors (Lipinski definition) is 6. The van der Waals surface area contributed by atoms with Gasteiger partial charge in [-0.25, -0.2) is 13.1 Å². The summed E-state index contributed by atoms with van der Waals surface area (Å²) in [7, 11) is -3.85. The van der Waals surface area contributed by atoms with Crippen molar-refractivity contribution in [3.8, 4) is 5.75 Å². The number of halogens is 3. The number of nitrogens with two attached hydrogens (primary N) is 1. The molecule has 0 unspecified atom stereocenters. The second-order valence-electron chi connectivity index (χ2n) is 8.52. The van der Waals surface area contributed by atoms with E-state index in [1.807, 2.05) is 13.8 Å². The molecule has 8 nitrogen and oxygen atoms in total. The van der Waals surface area contributed by atoms with E-state index in [1.54, 1.807) is 24.3 Å². The molecule has 0 bridgehead atoms. The molecule has 0 heterocycles. The zero-order valence-corrected chi connectivity index (χ0v) is 23.1. The Bertz CT molecular complexity index is 1160. The molecule has 0 fully saturated rings. The highest BCUT2D eigenvalue weighted by Crippen LogP contribution is 2.25. The fraction of sp³-hybridized carbons (Fsp3) is 0.417. The van der Waals surface area contributed by atoms with E-state index in [4.69, 9.17) is 45.3 Å². The van der Waals surface area contributed by atoms with E-state index in [9.17, 15) is 18.0 Å². The second-order valence-corrected chi connectivity index (χ2v) is 11.5. The fourth-order valence-corrected chi connectivity index (χ4v) is 5.35. The summed E-state index contributed by atoms with van der Waals surface area (Å²) in [6, 6.07) is 9.94. The van der Waals surface area contributed by atoms with Crippen LogP contribution in [0, 0.1) is 5.92 Å². The Balaban J connectivity index is 1.98. The van der Waals surface area contributed by atoms with E-state index in [2.05, 4.69) is 4.72 Å². The lowest BCUT2D eigenvalue weighted by atomic mass is 10.0. The number of rotatable bonds is 13. The first-order chi connectivity index (χ1) is 16.9. The molecule has 0 radical (unpaired) electrons. The van der Waals surface area contributed by atoms with Crippen molar-refractivity contribution in [1.82, 2.24) is 9.62 Å². The molecule has 0 spiro atoms. The number of amides is 2. The van der Waals surface area contributed by atoms with Crippen LogP contribution in [0.2, 0.25) is 15.1 Å². The SMILES string of the molecule is CC(C)C[C@H](N)C(=O)N(CCCCNS(=O)(=O)c1ccc(Cl)cc1Cl)C(=O)COc1ccccc1Cl. The zero-order chi connectivity index (χ0) is 26.9. The number of carbonyl (C=O) groups is 2. The average Bonchev–Trinajstić information content (AvgIpc) is 2.79. The zero-order valence-electron chi connectivity index (χ0n) is 20.0. The summed E-state index contributed by atoms with van der Waals surface area (Å²) >= 11 is 17.9. The van der Waals surface area contributed by atoms with Crippen LogP contribution in [0.4, 0.5) is 0 Å². The Morgan fingerprint density at radius 2 is 1.75 bits per heavy atom. The highest BCUT2D eigenvalue weighted by molar-refractivity contribution is 7.89. The Labute approximate surface area is 227 Å². The predicted octanol–water partition coefficient (Wildman–Crippen LogP) is 4.51. The van der Waals surface area contributed by atoms with Crippen LogP contribution in [0.5, 0.6) is 5.75 Å². The molecule has 2 amide bonds. The van der Waals surface area contributed by atoms with Gasteiger partial charge in [-0.15, -0.1) is 0 Å². The van der Waals surface area contributed by atoms with E-state index in [0.717, 1.165) is 4.90 Å². The predicted molar refractivity (Wildman–Crippen MR) is 142 cm³/mol. The van der Waals surface area contributed by atoms with Gasteiger partial charge in [-0.3, -0.25) is 14.5 Å². The van der Waals surface area contributed by atoms with Gasteiger partial charge in [-0.2, -0.15) is 0 Å². The molecule has 0 aliphatic carbocycles. The third-order valence-electron chi connectivity index (χ3n) is 5.08. The van der Waals surface area contributed by atoms with E-state index in [-0.39, 0.29) is 28.9 Å². The molecule has 0 aliphatic rings. The van der Waals surface area contributed by atoms with E-state index in [1.165, 1.54) is 18.2 Å². The summed E-state index contributed by atoms with van der Waals surface area (Å²) in [6.45, 7) is 3.59. The summed E-state index contributed by atoms with van der Waals surface area (Å²) in [5.41, 5.74) is 6.05. The normalized spacial score (nSPS) is 12.4. The minimum absolute atomic E-state index is 0.00929. The summed E-state index contributed by atoms with van der Waals surface area (Å²) in [5, 5.41) is 0.672. The van der Waals surface area contributed by atoms with Crippen molar-refractivity contribution in [2.75, 3.05) is 19.7 Å². The molecule has 0 aromatic heterocycles. The number of unbranched alkanes of at least 4 members (excludes halogenated alkanes) is 1. The van der Waals surface area contributed by atoms with Crippen molar-refractivity contribution in [3.05, 3.63) is 57.5 Å². The lowest BCUT2D eigenvalue weighted by molar-refractivity contribution is -0.147. The van der Waals surface area contributed by atoms with Crippen LogP contribution < -0.4 is 15.2 Å². The summed E-state index contributed by atoms with van der Waals surface area (Å²) < 4.78 is 33.0. The molecule has 2 aromatic rings. The van der Waals surface area contributed by atoms with Crippen LogP contribution in [0.1, 0.15) is 33.1 Å². The number of imide groups is 1. The van der Waals surface area contributed by atoms with Gasteiger partial charge in [0.25, 0.3) is 5.91 Å². The molecule has 2 rings (SSSR count). The van der Waals surface area contributed by atoms with Crippen molar-refractivity contribution < 1.29 is 22.7 Å². The number of nitrogens with one attached hydrogen (secondary N) is 1. The first-order valence-electron chi connectivity index (χ1n) is 11.3. The fourth-order valence-electron chi connectivity index (χ4n) is 3.32. The molecule has 12 heteroatoms. The van der Waals surface area contributed by atoms with Gasteiger partial charge in [-0.05, 0) is 55.5 Å². The van der Waals surface area contributed by atoms with Gasteiger partial charge in [0.1, 0.15) is 10.6 Å². The van der Waals surface area contributed by atoms with Crippen LogP contribution in [0.15, 0.2) is 47.4 Å². The third-order valence-corrected chi connectivity index (χ3v) is 7.57. The topological polar surface area (TPSA) is 119 Å². The number of para-hydroxylation sites is 1. The van der Waals surface area contributed by atoms with Gasteiger partial charge in [0.05, 0.1) is 16.1 Å². The van der Waals surface area contributed by atoms with Crippen molar-refractivity contribution in [1.29, 1.82) is 0 Å². The highest BCUT2D eigenvalue weighted by Gasteiger charge is 2.27. The van der Waals surface area contributed by atoms with Crippen LogP contribution in [0.3, 0.4) is 0 Å². The third kappa shape index (κ3) is 9.21. The molecular weight excluding hydrogens is 549 g/mol. The Morgan fingerprint density at radius 3 is 2.39 bits per heavy atom. The van der Waals surface area contributed by atoms with Crippen molar-refractivity contribution in [3.63, 3.8) is 0 Å². The van der Waals surface area contributed by atoms with Gasteiger partial charge in [-0.1, -0.05) is 60.8 Å². The van der Waals surface area contributed by atoms with E-state index in [0.29, 0.717) is 35.1 Å². The lowest BCUT2D eigenvalue weighted by Crippen LogP contribution is -2.49. The first-order valence-corrected chi connectivity index (χ1v) is 14.0. The molecule has 0 saturated heterocycles. The molecule has 36 heavy (non-hydrogen) atoms. The Kier molecular flexibility index (Phi) is 11.9. The first kappa shape index (κ1) is 30.3. The molecular formula is C24H30Cl3N3O5S. The largest absolute Gasteiger partial charge is 0.482 e. The molecule has 198 valence electrons. The summed E-state index contributed by atoms with van der Waals surface area (Å²) in [4.78, 5) is 26.8. The monoisotopic (exact) mass is 577 g/mol. The minimum atomic E-state index is -3.85. The second kappa shape index (κ2) is 14.2. The Hall–Kier alpha value is -1.88. The Morgan fingerprint density at radius 1 is 1.06 bits per heavy atom. The number of sulfonamides is 1. The van der Waals surface area contributed by atoms with Gasteiger partial charge in [0, 0.05) is 18.1 Å². The van der Waals surface area contributed by atoms with Crippen molar-refractivity contribution in [2.24, 2.45) is 11.7 Å². The number of nitrogens with zero attached hydrogens (tertiary/aromatic N) is 1. The molecule has 0 aliphatic heterocycles. The maximum Gasteiger partial charge on any atom is 0.267 e.